The topological polar surface area (TPSA) is 63.4 Å². The van der Waals surface area contributed by atoms with Crippen molar-refractivity contribution < 1.29 is 4.79 Å². The molecule has 3 aromatic heterocycles. The number of piperidine rings is 1. The van der Waals surface area contributed by atoms with E-state index in [2.05, 4.69) is 43.8 Å². The summed E-state index contributed by atoms with van der Waals surface area (Å²) in [4.78, 5) is 17.2. The highest BCUT2D eigenvalue weighted by Gasteiger charge is 2.19. The number of pyridine rings is 1. The number of nitrogens with one attached hydrogen (secondary N) is 2. The molecule has 0 aliphatic carbocycles. The lowest BCUT2D eigenvalue weighted by Crippen LogP contribution is -2.33. The highest BCUT2D eigenvalue weighted by atomic mass is 16.1. The van der Waals surface area contributed by atoms with E-state index in [9.17, 15) is 4.79 Å². The van der Waals surface area contributed by atoms with Crippen molar-refractivity contribution in [1.82, 2.24) is 24.6 Å². The molecule has 0 aromatic carbocycles. The van der Waals surface area contributed by atoms with E-state index >= 15 is 0 Å². The first kappa shape index (κ1) is 16.8. The summed E-state index contributed by atoms with van der Waals surface area (Å²) in [6.07, 6.45) is 6.93. The molecule has 1 aliphatic heterocycles. The molecule has 1 saturated heterocycles. The normalized spacial score (nSPS) is 15.4. The summed E-state index contributed by atoms with van der Waals surface area (Å²) < 4.78 is 4.21. The van der Waals surface area contributed by atoms with Gasteiger partial charge < -0.3 is 19.6 Å². The number of hydrogen-bond donors (Lipinski definition) is 2. The molecule has 2 N–H and O–H groups in total. The first-order chi connectivity index (χ1) is 12.7. The minimum atomic E-state index is -0.00604. The monoisotopic (exact) mass is 351 g/mol. The predicted octanol–water partition coefficient (Wildman–Crippen LogP) is 2.34. The van der Waals surface area contributed by atoms with Gasteiger partial charge in [-0.3, -0.25) is 4.79 Å². The van der Waals surface area contributed by atoms with Crippen molar-refractivity contribution in [2.75, 3.05) is 19.6 Å². The van der Waals surface area contributed by atoms with Crippen molar-refractivity contribution >= 4 is 11.6 Å². The maximum atomic E-state index is 12.6. The van der Waals surface area contributed by atoms with Crippen LogP contribution in [0.25, 0.3) is 5.65 Å². The number of amides is 1. The summed E-state index contributed by atoms with van der Waals surface area (Å²) in [5, 5.41) is 6.42. The molecule has 0 saturated carbocycles. The molecule has 0 unspecified atom stereocenters. The van der Waals surface area contributed by atoms with Crippen LogP contribution in [0.1, 0.15) is 40.8 Å². The Morgan fingerprint density at radius 2 is 2.12 bits per heavy atom. The van der Waals surface area contributed by atoms with Crippen molar-refractivity contribution in [1.29, 1.82) is 0 Å². The zero-order valence-corrected chi connectivity index (χ0v) is 15.1. The zero-order chi connectivity index (χ0) is 17.9. The molecule has 1 amide bonds. The van der Waals surface area contributed by atoms with Crippen molar-refractivity contribution in [2.45, 2.75) is 32.2 Å². The van der Waals surface area contributed by atoms with Gasteiger partial charge in [-0.25, -0.2) is 4.98 Å². The van der Waals surface area contributed by atoms with Crippen molar-refractivity contribution in [2.24, 2.45) is 0 Å². The van der Waals surface area contributed by atoms with Gasteiger partial charge >= 0.3 is 0 Å². The van der Waals surface area contributed by atoms with Crippen LogP contribution < -0.4 is 10.6 Å². The van der Waals surface area contributed by atoms with Gasteiger partial charge in [0.25, 0.3) is 5.91 Å². The van der Waals surface area contributed by atoms with E-state index in [0.717, 1.165) is 55.1 Å². The Morgan fingerprint density at radius 1 is 1.27 bits per heavy atom. The Hall–Kier alpha value is -2.60. The number of carbonyl (C=O) groups is 1. The van der Waals surface area contributed by atoms with Gasteiger partial charge in [-0.15, -0.1) is 0 Å². The highest BCUT2D eigenvalue weighted by molar-refractivity contribution is 5.92. The lowest BCUT2D eigenvalue weighted by molar-refractivity contribution is 0.0941. The Balaban J connectivity index is 1.38. The smallest absolute Gasteiger partial charge is 0.267 e. The van der Waals surface area contributed by atoms with Crippen LogP contribution in [0.3, 0.4) is 0 Å². The van der Waals surface area contributed by atoms with Gasteiger partial charge in [0.1, 0.15) is 11.3 Å². The maximum Gasteiger partial charge on any atom is 0.267 e. The summed E-state index contributed by atoms with van der Waals surface area (Å²) >= 11 is 0. The van der Waals surface area contributed by atoms with E-state index < -0.39 is 0 Å². The third-order valence-electron chi connectivity index (χ3n) is 5.13. The van der Waals surface area contributed by atoms with E-state index in [1.807, 2.05) is 30.5 Å². The molecule has 26 heavy (non-hydrogen) atoms. The Labute approximate surface area is 153 Å². The second kappa shape index (κ2) is 7.33. The SMILES string of the molecule is Cc1cccc2nc(CCNC(=O)c3cccn3C3CCNCC3)cn12. The second-order valence-electron chi connectivity index (χ2n) is 6.92. The number of rotatable bonds is 5. The number of fused-ring (bicyclic) bond motifs is 1. The maximum absolute atomic E-state index is 12.6. The number of imidazole rings is 1. The molecular formula is C20H25N5O. The molecule has 0 radical (unpaired) electrons. The fourth-order valence-corrected chi connectivity index (χ4v) is 3.70. The van der Waals surface area contributed by atoms with Gasteiger partial charge in [-0.05, 0) is 57.1 Å². The largest absolute Gasteiger partial charge is 0.350 e. The van der Waals surface area contributed by atoms with E-state index in [1.54, 1.807) is 0 Å². The van der Waals surface area contributed by atoms with E-state index in [-0.39, 0.29) is 5.91 Å². The first-order valence-corrected chi connectivity index (χ1v) is 9.32. The Bertz CT molecular complexity index is 904. The number of nitrogens with zero attached hydrogens (tertiary/aromatic N) is 3. The fraction of sp³-hybridized carbons (Fsp3) is 0.400. The van der Waals surface area contributed by atoms with Crippen LogP contribution in [0.5, 0.6) is 0 Å². The van der Waals surface area contributed by atoms with E-state index in [1.165, 1.54) is 0 Å². The molecule has 0 bridgehead atoms. The van der Waals surface area contributed by atoms with Gasteiger partial charge in [0, 0.05) is 37.1 Å². The summed E-state index contributed by atoms with van der Waals surface area (Å²) in [5.41, 5.74) is 3.85. The second-order valence-corrected chi connectivity index (χ2v) is 6.92. The molecule has 4 heterocycles. The van der Waals surface area contributed by atoms with Crippen LogP contribution in [0.2, 0.25) is 0 Å². The summed E-state index contributed by atoms with van der Waals surface area (Å²) in [6.45, 7) is 4.67. The molecule has 6 nitrogen and oxygen atoms in total. The van der Waals surface area contributed by atoms with Crippen LogP contribution >= 0.6 is 0 Å². The van der Waals surface area contributed by atoms with Gasteiger partial charge in [0.2, 0.25) is 0 Å². The molecule has 6 heteroatoms. The molecule has 0 atom stereocenters. The lowest BCUT2D eigenvalue weighted by atomic mass is 10.1. The van der Waals surface area contributed by atoms with E-state index in [4.69, 9.17) is 0 Å². The average molecular weight is 351 g/mol. The zero-order valence-electron chi connectivity index (χ0n) is 15.1. The lowest BCUT2D eigenvalue weighted by Gasteiger charge is -2.25. The minimum Gasteiger partial charge on any atom is -0.350 e. The molecule has 4 rings (SSSR count). The van der Waals surface area contributed by atoms with Gasteiger partial charge in [0.15, 0.2) is 0 Å². The highest BCUT2D eigenvalue weighted by Crippen LogP contribution is 2.21. The van der Waals surface area contributed by atoms with Crippen LogP contribution in [-0.4, -0.2) is 39.5 Å². The molecule has 1 fully saturated rings. The predicted molar refractivity (Wildman–Crippen MR) is 102 cm³/mol. The first-order valence-electron chi connectivity index (χ1n) is 9.32. The molecule has 0 spiro atoms. The number of carbonyl (C=O) groups excluding carboxylic acids is 1. The molecule has 136 valence electrons. The van der Waals surface area contributed by atoms with Gasteiger partial charge in [-0.1, -0.05) is 6.07 Å². The fourth-order valence-electron chi connectivity index (χ4n) is 3.70. The van der Waals surface area contributed by atoms with Crippen LogP contribution in [0, 0.1) is 6.92 Å². The van der Waals surface area contributed by atoms with Gasteiger partial charge in [-0.2, -0.15) is 0 Å². The average Bonchev–Trinajstić information content (AvgIpc) is 3.30. The van der Waals surface area contributed by atoms with Crippen LogP contribution in [-0.2, 0) is 6.42 Å². The minimum absolute atomic E-state index is 0.00604. The third kappa shape index (κ3) is 3.37. The standard InChI is InChI=1S/C20H25N5O/c1-15-4-2-6-19-23-16(14-25(15)19)7-12-22-20(26)18-5-3-13-24(18)17-8-10-21-11-9-17/h2-6,13-14,17,21H,7-12H2,1H3,(H,22,26). The summed E-state index contributed by atoms with van der Waals surface area (Å²) in [6, 6.07) is 10.4. The van der Waals surface area contributed by atoms with Crippen molar-refractivity contribution in [3.05, 3.63) is 59.8 Å². The number of aryl methyl sites for hydroxylation is 1. The molecule has 3 aromatic rings. The van der Waals surface area contributed by atoms with Crippen molar-refractivity contribution in [3.63, 3.8) is 0 Å². The van der Waals surface area contributed by atoms with Gasteiger partial charge in [0.05, 0.1) is 5.69 Å². The van der Waals surface area contributed by atoms with Crippen LogP contribution in [0.4, 0.5) is 0 Å². The van der Waals surface area contributed by atoms with Crippen LogP contribution in [0.15, 0.2) is 42.7 Å². The van der Waals surface area contributed by atoms with Crippen molar-refractivity contribution in [3.8, 4) is 0 Å². The summed E-state index contributed by atoms with van der Waals surface area (Å²) in [5.74, 6) is -0.00604. The van der Waals surface area contributed by atoms with E-state index in [0.29, 0.717) is 12.6 Å². The molecule has 1 aliphatic rings. The quantitative estimate of drug-likeness (QED) is 0.742. The Morgan fingerprint density at radius 3 is 2.92 bits per heavy atom. The molecular weight excluding hydrogens is 326 g/mol. The Kier molecular flexibility index (Phi) is 4.75. The number of aromatic nitrogens is 3. The summed E-state index contributed by atoms with van der Waals surface area (Å²) in [7, 11) is 0. The number of hydrogen-bond acceptors (Lipinski definition) is 3. The third-order valence-corrected chi connectivity index (χ3v) is 5.13.